The van der Waals surface area contributed by atoms with Gasteiger partial charge in [0.15, 0.2) is 0 Å². The number of carbonyl (C=O) groups is 1. The fourth-order valence-electron chi connectivity index (χ4n) is 2.75. The Bertz CT molecular complexity index is 693. The van der Waals surface area contributed by atoms with E-state index in [1.54, 1.807) is 12.0 Å². The van der Waals surface area contributed by atoms with Crippen LogP contribution < -0.4 is 4.74 Å². The van der Waals surface area contributed by atoms with Gasteiger partial charge in [-0.1, -0.05) is 6.07 Å². The zero-order chi connectivity index (χ0) is 17.7. The van der Waals surface area contributed by atoms with E-state index in [9.17, 15) is 13.2 Å². The van der Waals surface area contributed by atoms with E-state index in [1.165, 1.54) is 10.6 Å². The summed E-state index contributed by atoms with van der Waals surface area (Å²) in [6, 6.07) is 5.78. The number of nitrogens with zero attached hydrogens (tertiary/aromatic N) is 2. The molecule has 0 N–H and O–H groups in total. The highest BCUT2D eigenvalue weighted by Gasteiger charge is 2.23. The summed E-state index contributed by atoms with van der Waals surface area (Å²) < 4.78 is 30.7. The van der Waals surface area contributed by atoms with Crippen molar-refractivity contribution < 1.29 is 17.9 Å². The molecule has 6 nitrogen and oxygen atoms in total. The Morgan fingerprint density at radius 1 is 1.25 bits per heavy atom. The molecule has 8 heteroatoms. The van der Waals surface area contributed by atoms with E-state index in [4.69, 9.17) is 4.74 Å². The van der Waals surface area contributed by atoms with Crippen LogP contribution in [0.25, 0.3) is 0 Å². The van der Waals surface area contributed by atoms with E-state index in [2.05, 4.69) is 15.9 Å². The summed E-state index contributed by atoms with van der Waals surface area (Å²) in [4.78, 5) is 14.2. The number of methoxy groups -OCH3 is 1. The van der Waals surface area contributed by atoms with Gasteiger partial charge < -0.3 is 9.64 Å². The molecule has 0 spiro atoms. The van der Waals surface area contributed by atoms with Crippen molar-refractivity contribution in [3.05, 3.63) is 28.2 Å². The van der Waals surface area contributed by atoms with E-state index in [0.29, 0.717) is 45.4 Å². The third-order valence-electron chi connectivity index (χ3n) is 4.12. The van der Waals surface area contributed by atoms with Crippen LogP contribution in [0.3, 0.4) is 0 Å². The lowest BCUT2D eigenvalue weighted by Crippen LogP contribution is -2.37. The number of amides is 1. The largest absolute Gasteiger partial charge is 0.496 e. The second-order valence-corrected chi connectivity index (χ2v) is 8.70. The van der Waals surface area contributed by atoms with E-state index in [1.807, 2.05) is 18.2 Å². The maximum absolute atomic E-state index is 12.4. The van der Waals surface area contributed by atoms with Crippen molar-refractivity contribution in [2.75, 3.05) is 39.5 Å². The Labute approximate surface area is 151 Å². The number of benzene rings is 1. The van der Waals surface area contributed by atoms with Gasteiger partial charge in [0, 0.05) is 32.6 Å². The van der Waals surface area contributed by atoms with Crippen LogP contribution in [0.15, 0.2) is 22.7 Å². The van der Waals surface area contributed by atoms with Gasteiger partial charge in [-0.15, -0.1) is 0 Å². The van der Waals surface area contributed by atoms with Gasteiger partial charge in [-0.25, -0.2) is 12.7 Å². The quantitative estimate of drug-likeness (QED) is 0.731. The molecule has 2 rings (SSSR count). The molecule has 134 valence electrons. The summed E-state index contributed by atoms with van der Waals surface area (Å²) >= 11 is 3.44. The molecule has 24 heavy (non-hydrogen) atoms. The standard InChI is InChI=1S/C16H23BrN2O4S/c1-23-15-6-4-13(12-14(15)17)5-7-16(20)18-8-3-9-19(11-10-18)24(2,21)22/h4,6,12H,3,5,7-11H2,1-2H3. The van der Waals surface area contributed by atoms with Crippen LogP contribution in [0.4, 0.5) is 0 Å². The third kappa shape index (κ3) is 5.19. The van der Waals surface area contributed by atoms with E-state index in [0.717, 1.165) is 15.8 Å². The summed E-state index contributed by atoms with van der Waals surface area (Å²) in [6.07, 6.45) is 2.95. The zero-order valence-electron chi connectivity index (χ0n) is 14.0. The third-order valence-corrected chi connectivity index (χ3v) is 6.04. The molecule has 0 radical (unpaired) electrons. The summed E-state index contributed by atoms with van der Waals surface area (Å²) in [5.41, 5.74) is 1.06. The highest BCUT2D eigenvalue weighted by atomic mass is 79.9. The number of halogens is 1. The number of hydrogen-bond donors (Lipinski definition) is 0. The Hall–Kier alpha value is -1.12. The molecule has 0 aliphatic carbocycles. The predicted molar refractivity (Wildman–Crippen MR) is 96.6 cm³/mol. The minimum Gasteiger partial charge on any atom is -0.496 e. The molecule has 1 heterocycles. The fourth-order valence-corrected chi connectivity index (χ4v) is 4.21. The van der Waals surface area contributed by atoms with Crippen LogP contribution in [-0.4, -0.2) is 63.1 Å². The average molecular weight is 419 g/mol. The van der Waals surface area contributed by atoms with Crippen molar-refractivity contribution in [1.82, 2.24) is 9.21 Å². The first-order chi connectivity index (χ1) is 11.3. The molecule has 0 unspecified atom stereocenters. The first kappa shape index (κ1) is 19.2. The molecular weight excluding hydrogens is 396 g/mol. The molecular formula is C16H23BrN2O4S. The molecule has 1 aliphatic rings. The Morgan fingerprint density at radius 3 is 2.62 bits per heavy atom. The molecule has 1 aliphatic heterocycles. The van der Waals surface area contributed by atoms with Crippen LogP contribution >= 0.6 is 15.9 Å². The smallest absolute Gasteiger partial charge is 0.222 e. The summed E-state index contributed by atoms with van der Waals surface area (Å²) in [6.45, 7) is 1.92. The molecule has 1 aromatic rings. The second kappa shape index (κ2) is 8.31. The first-order valence-corrected chi connectivity index (χ1v) is 10.5. The van der Waals surface area contributed by atoms with Gasteiger partial charge in [-0.2, -0.15) is 0 Å². The van der Waals surface area contributed by atoms with Gasteiger partial charge in [0.05, 0.1) is 17.8 Å². The van der Waals surface area contributed by atoms with Crippen LogP contribution in [-0.2, 0) is 21.2 Å². The highest BCUT2D eigenvalue weighted by Crippen LogP contribution is 2.26. The molecule has 0 bridgehead atoms. The van der Waals surface area contributed by atoms with Crippen LogP contribution in [0.2, 0.25) is 0 Å². The minimum absolute atomic E-state index is 0.0669. The van der Waals surface area contributed by atoms with Gasteiger partial charge in [0.25, 0.3) is 0 Å². The lowest BCUT2D eigenvalue weighted by molar-refractivity contribution is -0.131. The lowest BCUT2D eigenvalue weighted by atomic mass is 10.1. The molecule has 1 saturated heterocycles. The molecule has 0 saturated carbocycles. The first-order valence-electron chi connectivity index (χ1n) is 7.86. The van der Waals surface area contributed by atoms with E-state index >= 15 is 0 Å². The fraction of sp³-hybridized carbons (Fsp3) is 0.562. The normalized spacial score (nSPS) is 16.7. The SMILES string of the molecule is COc1ccc(CCC(=O)N2CCCN(S(C)(=O)=O)CC2)cc1Br. The number of rotatable bonds is 5. The topological polar surface area (TPSA) is 66.9 Å². The minimum atomic E-state index is -3.19. The molecule has 1 aromatic carbocycles. The molecule has 0 aromatic heterocycles. The number of hydrogen-bond acceptors (Lipinski definition) is 4. The number of carbonyl (C=O) groups excluding carboxylic acids is 1. The average Bonchev–Trinajstić information content (AvgIpc) is 2.78. The Morgan fingerprint density at radius 2 is 2.00 bits per heavy atom. The molecule has 1 fully saturated rings. The van der Waals surface area contributed by atoms with Crippen molar-refractivity contribution in [1.29, 1.82) is 0 Å². The maximum atomic E-state index is 12.4. The van der Waals surface area contributed by atoms with Crippen LogP contribution in [0.5, 0.6) is 5.75 Å². The Balaban J connectivity index is 1.89. The summed E-state index contributed by atoms with van der Waals surface area (Å²) in [5.74, 6) is 0.829. The summed E-state index contributed by atoms with van der Waals surface area (Å²) in [7, 11) is -1.57. The van der Waals surface area contributed by atoms with Gasteiger partial charge in [0.2, 0.25) is 15.9 Å². The number of sulfonamides is 1. The van der Waals surface area contributed by atoms with Gasteiger partial charge in [-0.3, -0.25) is 4.79 Å². The van der Waals surface area contributed by atoms with Crippen molar-refractivity contribution >= 4 is 31.9 Å². The predicted octanol–water partition coefficient (Wildman–Crippen LogP) is 1.88. The zero-order valence-corrected chi connectivity index (χ0v) is 16.4. The van der Waals surface area contributed by atoms with Crippen molar-refractivity contribution in [3.8, 4) is 5.75 Å². The molecule has 1 amide bonds. The van der Waals surface area contributed by atoms with Crippen molar-refractivity contribution in [3.63, 3.8) is 0 Å². The van der Waals surface area contributed by atoms with Crippen LogP contribution in [0.1, 0.15) is 18.4 Å². The summed E-state index contributed by atoms with van der Waals surface area (Å²) in [5, 5.41) is 0. The number of ether oxygens (including phenoxy) is 1. The maximum Gasteiger partial charge on any atom is 0.222 e. The second-order valence-electron chi connectivity index (χ2n) is 5.87. The van der Waals surface area contributed by atoms with Crippen molar-refractivity contribution in [2.45, 2.75) is 19.3 Å². The highest BCUT2D eigenvalue weighted by molar-refractivity contribution is 9.10. The molecule has 0 atom stereocenters. The monoisotopic (exact) mass is 418 g/mol. The Kier molecular flexibility index (Phi) is 6.65. The number of aryl methyl sites for hydroxylation is 1. The van der Waals surface area contributed by atoms with E-state index < -0.39 is 10.0 Å². The van der Waals surface area contributed by atoms with E-state index in [-0.39, 0.29) is 5.91 Å². The van der Waals surface area contributed by atoms with Gasteiger partial charge >= 0.3 is 0 Å². The lowest BCUT2D eigenvalue weighted by Gasteiger charge is -2.21. The van der Waals surface area contributed by atoms with Gasteiger partial charge in [0.1, 0.15) is 5.75 Å². The van der Waals surface area contributed by atoms with Crippen LogP contribution in [0, 0.1) is 0 Å². The van der Waals surface area contributed by atoms with Gasteiger partial charge in [-0.05, 0) is 46.5 Å². The van der Waals surface area contributed by atoms with Crippen molar-refractivity contribution in [2.24, 2.45) is 0 Å².